The minimum atomic E-state index is 0.112. The predicted octanol–water partition coefficient (Wildman–Crippen LogP) is 1.58. The van der Waals surface area contributed by atoms with E-state index >= 15 is 0 Å². The molecule has 0 saturated heterocycles. The second kappa shape index (κ2) is 4.74. The molecule has 5 nitrogen and oxygen atoms in total. The molecule has 1 saturated carbocycles. The quantitative estimate of drug-likeness (QED) is 0.883. The highest BCUT2D eigenvalue weighted by Crippen LogP contribution is 2.46. The van der Waals surface area contributed by atoms with E-state index in [-0.39, 0.29) is 5.41 Å². The van der Waals surface area contributed by atoms with Crippen molar-refractivity contribution in [3.05, 3.63) is 36.2 Å². The molecule has 1 aromatic carbocycles. The summed E-state index contributed by atoms with van der Waals surface area (Å²) in [5.41, 5.74) is 7.09. The van der Waals surface area contributed by atoms with Gasteiger partial charge in [0.25, 0.3) is 0 Å². The number of benzene rings is 1. The summed E-state index contributed by atoms with van der Waals surface area (Å²) in [6.45, 7) is 2.92. The lowest BCUT2D eigenvalue weighted by Crippen LogP contribution is -2.33. The van der Waals surface area contributed by atoms with Crippen LogP contribution in [0.25, 0.3) is 5.69 Å². The van der Waals surface area contributed by atoms with Crippen molar-refractivity contribution >= 4 is 0 Å². The molecular formula is C14H19N5. The van der Waals surface area contributed by atoms with Crippen molar-refractivity contribution in [2.45, 2.75) is 26.2 Å². The van der Waals surface area contributed by atoms with Crippen LogP contribution >= 0.6 is 0 Å². The second-order valence-corrected chi connectivity index (χ2v) is 5.65. The van der Waals surface area contributed by atoms with Crippen LogP contribution in [0.3, 0.4) is 0 Å². The van der Waals surface area contributed by atoms with Gasteiger partial charge in [-0.3, -0.25) is 0 Å². The van der Waals surface area contributed by atoms with E-state index in [1.165, 1.54) is 12.8 Å². The molecule has 100 valence electrons. The Balaban J connectivity index is 1.88. The van der Waals surface area contributed by atoms with Crippen molar-refractivity contribution in [2.24, 2.45) is 17.1 Å². The van der Waals surface area contributed by atoms with Crippen molar-refractivity contribution in [3.8, 4) is 5.69 Å². The third-order valence-electron chi connectivity index (χ3n) is 4.13. The smallest absolute Gasteiger partial charge is 0.157 e. The average Bonchev–Trinajstić information content (AvgIpc) is 3.21. The minimum absolute atomic E-state index is 0.112. The minimum Gasteiger partial charge on any atom is -0.330 e. The Morgan fingerprint density at radius 3 is 2.68 bits per heavy atom. The zero-order valence-electron chi connectivity index (χ0n) is 11.2. The van der Waals surface area contributed by atoms with Gasteiger partial charge in [-0.15, -0.1) is 5.10 Å². The zero-order valence-corrected chi connectivity index (χ0v) is 11.2. The number of nitrogens with zero attached hydrogens (tertiary/aromatic N) is 4. The maximum atomic E-state index is 5.98. The highest BCUT2D eigenvalue weighted by molar-refractivity contribution is 5.30. The fourth-order valence-corrected chi connectivity index (χ4v) is 2.61. The van der Waals surface area contributed by atoms with Crippen LogP contribution in [0.5, 0.6) is 0 Å². The standard InChI is InChI=1S/C14H19N5/c1-14(10-15,11-7-8-11)9-13-16-17-18-19(13)12-5-3-2-4-6-12/h2-6,11H,7-10,15H2,1H3. The van der Waals surface area contributed by atoms with Crippen LogP contribution in [0.4, 0.5) is 0 Å². The molecule has 1 unspecified atom stereocenters. The van der Waals surface area contributed by atoms with Gasteiger partial charge in [0.1, 0.15) is 0 Å². The summed E-state index contributed by atoms with van der Waals surface area (Å²) in [4.78, 5) is 0. The number of hydrogen-bond donors (Lipinski definition) is 1. The largest absolute Gasteiger partial charge is 0.330 e. The first-order valence-electron chi connectivity index (χ1n) is 6.76. The molecule has 0 aliphatic heterocycles. The molecule has 0 amide bonds. The first-order valence-corrected chi connectivity index (χ1v) is 6.76. The van der Waals surface area contributed by atoms with E-state index in [1.54, 1.807) is 0 Å². The van der Waals surface area contributed by atoms with Crippen LogP contribution in [0.1, 0.15) is 25.6 Å². The first-order chi connectivity index (χ1) is 9.23. The molecule has 1 aromatic heterocycles. The van der Waals surface area contributed by atoms with Crippen LogP contribution < -0.4 is 5.73 Å². The number of rotatable bonds is 5. The second-order valence-electron chi connectivity index (χ2n) is 5.65. The van der Waals surface area contributed by atoms with Gasteiger partial charge in [0.05, 0.1) is 5.69 Å². The highest BCUT2D eigenvalue weighted by atomic mass is 15.5. The van der Waals surface area contributed by atoms with Gasteiger partial charge < -0.3 is 5.73 Å². The van der Waals surface area contributed by atoms with E-state index in [2.05, 4.69) is 22.4 Å². The SMILES string of the molecule is CC(CN)(Cc1nnnn1-c1ccccc1)C1CC1. The lowest BCUT2D eigenvalue weighted by Gasteiger charge is -2.27. The van der Waals surface area contributed by atoms with E-state index in [0.717, 1.165) is 23.9 Å². The summed E-state index contributed by atoms with van der Waals surface area (Å²) in [6.07, 6.45) is 3.39. The van der Waals surface area contributed by atoms with Crippen LogP contribution in [0.15, 0.2) is 30.3 Å². The van der Waals surface area contributed by atoms with E-state index in [9.17, 15) is 0 Å². The Morgan fingerprint density at radius 2 is 2.05 bits per heavy atom. The Morgan fingerprint density at radius 1 is 1.32 bits per heavy atom. The van der Waals surface area contributed by atoms with E-state index < -0.39 is 0 Å². The van der Waals surface area contributed by atoms with E-state index in [1.807, 2.05) is 35.0 Å². The molecule has 1 aliphatic rings. The molecule has 0 bridgehead atoms. The zero-order chi connectivity index (χ0) is 13.3. The Labute approximate surface area is 112 Å². The van der Waals surface area contributed by atoms with Gasteiger partial charge in [0.2, 0.25) is 0 Å². The van der Waals surface area contributed by atoms with Gasteiger partial charge >= 0.3 is 0 Å². The molecule has 1 aliphatic carbocycles. The van der Waals surface area contributed by atoms with Crippen LogP contribution in [0, 0.1) is 11.3 Å². The number of nitrogens with two attached hydrogens (primary N) is 1. The molecule has 1 heterocycles. The molecule has 5 heteroatoms. The summed E-state index contributed by atoms with van der Waals surface area (Å²) >= 11 is 0. The van der Waals surface area contributed by atoms with Crippen molar-refractivity contribution < 1.29 is 0 Å². The Bertz CT molecular complexity index is 546. The first kappa shape index (κ1) is 12.3. The predicted molar refractivity (Wildman–Crippen MR) is 72.7 cm³/mol. The molecule has 1 atom stereocenters. The number of aromatic nitrogens is 4. The monoisotopic (exact) mass is 257 g/mol. The molecule has 0 spiro atoms. The summed E-state index contributed by atoms with van der Waals surface area (Å²) in [6, 6.07) is 9.99. The number of tetrazole rings is 1. The van der Waals surface area contributed by atoms with Crippen molar-refractivity contribution in [1.29, 1.82) is 0 Å². The Kier molecular flexibility index (Phi) is 3.06. The molecule has 3 rings (SSSR count). The van der Waals surface area contributed by atoms with Crippen molar-refractivity contribution in [1.82, 2.24) is 20.2 Å². The van der Waals surface area contributed by atoms with Gasteiger partial charge in [-0.05, 0) is 53.3 Å². The fraction of sp³-hybridized carbons (Fsp3) is 0.500. The summed E-state index contributed by atoms with van der Waals surface area (Å²) in [5.74, 6) is 1.62. The van der Waals surface area contributed by atoms with Crippen LogP contribution in [0.2, 0.25) is 0 Å². The third-order valence-corrected chi connectivity index (χ3v) is 4.13. The van der Waals surface area contributed by atoms with Gasteiger partial charge in [-0.25, -0.2) is 0 Å². The average molecular weight is 257 g/mol. The van der Waals surface area contributed by atoms with E-state index in [0.29, 0.717) is 6.54 Å². The summed E-state index contributed by atoms with van der Waals surface area (Å²) < 4.78 is 1.82. The van der Waals surface area contributed by atoms with Gasteiger partial charge in [0, 0.05) is 6.42 Å². The molecule has 2 aromatic rings. The number of hydrogen-bond acceptors (Lipinski definition) is 4. The molecular weight excluding hydrogens is 238 g/mol. The molecule has 0 radical (unpaired) electrons. The molecule has 19 heavy (non-hydrogen) atoms. The third kappa shape index (κ3) is 2.38. The summed E-state index contributed by atoms with van der Waals surface area (Å²) in [5, 5.41) is 12.1. The Hall–Kier alpha value is -1.75. The lowest BCUT2D eigenvalue weighted by atomic mass is 9.81. The van der Waals surface area contributed by atoms with Crippen molar-refractivity contribution in [2.75, 3.05) is 6.54 Å². The van der Waals surface area contributed by atoms with Crippen LogP contribution in [-0.2, 0) is 6.42 Å². The van der Waals surface area contributed by atoms with Crippen molar-refractivity contribution in [3.63, 3.8) is 0 Å². The fourth-order valence-electron chi connectivity index (χ4n) is 2.61. The number of para-hydroxylation sites is 1. The topological polar surface area (TPSA) is 69.6 Å². The maximum absolute atomic E-state index is 5.98. The van der Waals surface area contributed by atoms with E-state index in [4.69, 9.17) is 5.73 Å². The molecule has 1 fully saturated rings. The van der Waals surface area contributed by atoms with Gasteiger partial charge in [-0.2, -0.15) is 4.68 Å². The highest BCUT2D eigenvalue weighted by Gasteiger charge is 2.41. The summed E-state index contributed by atoms with van der Waals surface area (Å²) in [7, 11) is 0. The van der Waals surface area contributed by atoms with Gasteiger partial charge in [0.15, 0.2) is 5.82 Å². The normalized spacial score (nSPS) is 18.2. The lowest BCUT2D eigenvalue weighted by molar-refractivity contribution is 0.274. The molecule has 2 N–H and O–H groups in total. The van der Waals surface area contributed by atoms with Gasteiger partial charge in [-0.1, -0.05) is 25.1 Å². The van der Waals surface area contributed by atoms with Crippen LogP contribution in [-0.4, -0.2) is 26.8 Å². The maximum Gasteiger partial charge on any atom is 0.157 e.